The van der Waals surface area contributed by atoms with E-state index in [9.17, 15) is 4.79 Å². The average Bonchev–Trinajstić information content (AvgIpc) is 2.23. The van der Waals surface area contributed by atoms with Crippen molar-refractivity contribution in [3.63, 3.8) is 0 Å². The van der Waals surface area contributed by atoms with Gasteiger partial charge in [-0.05, 0) is 50.5 Å². The first kappa shape index (κ1) is 13.5. The number of amides is 1. The molecule has 1 aliphatic carbocycles. The van der Waals surface area contributed by atoms with Crippen LogP contribution in [-0.2, 0) is 4.79 Å². The fraction of sp³-hybridized carbons (Fsp3) is 0.923. The number of carbonyl (C=O) groups excluding carboxylic acids is 1. The first-order valence-corrected chi connectivity index (χ1v) is 6.63. The van der Waals surface area contributed by atoms with Gasteiger partial charge in [-0.25, -0.2) is 0 Å². The van der Waals surface area contributed by atoms with E-state index in [4.69, 9.17) is 5.73 Å². The standard InChI is InChI=1S/C13H26N2O/c1-10-6-7-12(11(2)9-10)15-13(16)5-3-4-8-14/h10-12H,3-9,14H2,1-2H3,(H,15,16). The zero-order valence-electron chi connectivity index (χ0n) is 10.7. The molecule has 0 aromatic rings. The fourth-order valence-electron chi connectivity index (χ4n) is 2.59. The van der Waals surface area contributed by atoms with Crippen LogP contribution in [0.2, 0.25) is 0 Å². The second-order valence-corrected chi connectivity index (χ2v) is 5.32. The molecule has 0 heterocycles. The van der Waals surface area contributed by atoms with E-state index in [-0.39, 0.29) is 5.91 Å². The second-order valence-electron chi connectivity index (χ2n) is 5.32. The molecule has 0 saturated heterocycles. The number of nitrogens with one attached hydrogen (secondary N) is 1. The van der Waals surface area contributed by atoms with E-state index in [1.807, 2.05) is 0 Å². The Morgan fingerprint density at radius 3 is 2.69 bits per heavy atom. The molecule has 16 heavy (non-hydrogen) atoms. The Morgan fingerprint density at radius 1 is 1.31 bits per heavy atom. The van der Waals surface area contributed by atoms with Crippen molar-refractivity contribution in [1.29, 1.82) is 0 Å². The summed E-state index contributed by atoms with van der Waals surface area (Å²) in [7, 11) is 0. The van der Waals surface area contributed by atoms with E-state index in [0.717, 1.165) is 25.2 Å². The molecule has 3 atom stereocenters. The number of hydrogen-bond donors (Lipinski definition) is 2. The summed E-state index contributed by atoms with van der Waals surface area (Å²) >= 11 is 0. The molecule has 3 N–H and O–H groups in total. The van der Waals surface area contributed by atoms with E-state index in [2.05, 4.69) is 19.2 Å². The van der Waals surface area contributed by atoms with Crippen LogP contribution in [0.5, 0.6) is 0 Å². The maximum atomic E-state index is 11.7. The van der Waals surface area contributed by atoms with Gasteiger partial charge in [0.1, 0.15) is 0 Å². The zero-order chi connectivity index (χ0) is 12.0. The maximum Gasteiger partial charge on any atom is 0.220 e. The van der Waals surface area contributed by atoms with Gasteiger partial charge in [0.2, 0.25) is 5.91 Å². The van der Waals surface area contributed by atoms with Crippen molar-refractivity contribution in [2.24, 2.45) is 17.6 Å². The first-order valence-electron chi connectivity index (χ1n) is 6.63. The molecule has 0 spiro atoms. The van der Waals surface area contributed by atoms with Crippen LogP contribution in [0.4, 0.5) is 0 Å². The highest BCUT2D eigenvalue weighted by molar-refractivity contribution is 5.76. The zero-order valence-corrected chi connectivity index (χ0v) is 10.7. The van der Waals surface area contributed by atoms with Crippen molar-refractivity contribution in [3.05, 3.63) is 0 Å². The Morgan fingerprint density at radius 2 is 2.06 bits per heavy atom. The summed E-state index contributed by atoms with van der Waals surface area (Å²) in [5.41, 5.74) is 5.40. The molecule has 1 amide bonds. The minimum atomic E-state index is 0.208. The summed E-state index contributed by atoms with van der Waals surface area (Å²) in [5, 5.41) is 3.17. The number of hydrogen-bond acceptors (Lipinski definition) is 2. The molecular formula is C13H26N2O. The van der Waals surface area contributed by atoms with Crippen LogP contribution in [0.25, 0.3) is 0 Å². The summed E-state index contributed by atoms with van der Waals surface area (Å²) in [5.74, 6) is 1.66. The highest BCUT2D eigenvalue weighted by atomic mass is 16.1. The van der Waals surface area contributed by atoms with Gasteiger partial charge in [-0.2, -0.15) is 0 Å². The van der Waals surface area contributed by atoms with Gasteiger partial charge in [0.15, 0.2) is 0 Å². The summed E-state index contributed by atoms with van der Waals surface area (Å²) in [6.07, 6.45) is 6.14. The van der Waals surface area contributed by atoms with Crippen molar-refractivity contribution < 1.29 is 4.79 Å². The molecule has 0 aromatic carbocycles. The van der Waals surface area contributed by atoms with Gasteiger partial charge in [-0.1, -0.05) is 13.8 Å². The van der Waals surface area contributed by atoms with Crippen molar-refractivity contribution in [2.75, 3.05) is 6.54 Å². The number of carbonyl (C=O) groups is 1. The van der Waals surface area contributed by atoms with Crippen LogP contribution < -0.4 is 11.1 Å². The molecule has 1 aliphatic rings. The molecule has 1 fully saturated rings. The smallest absolute Gasteiger partial charge is 0.220 e. The molecule has 0 bridgehead atoms. The minimum absolute atomic E-state index is 0.208. The normalized spacial score (nSPS) is 30.1. The van der Waals surface area contributed by atoms with Crippen molar-refractivity contribution in [3.8, 4) is 0 Å². The van der Waals surface area contributed by atoms with E-state index < -0.39 is 0 Å². The van der Waals surface area contributed by atoms with Gasteiger partial charge in [-0.3, -0.25) is 4.79 Å². The number of rotatable bonds is 5. The van der Waals surface area contributed by atoms with E-state index in [1.165, 1.54) is 12.8 Å². The summed E-state index contributed by atoms with van der Waals surface area (Å²) < 4.78 is 0. The Labute approximate surface area is 99.2 Å². The van der Waals surface area contributed by atoms with Crippen molar-refractivity contribution >= 4 is 5.91 Å². The topological polar surface area (TPSA) is 55.1 Å². The lowest BCUT2D eigenvalue weighted by Gasteiger charge is -2.33. The van der Waals surface area contributed by atoms with Crippen LogP contribution in [0.3, 0.4) is 0 Å². The Bertz CT molecular complexity index is 218. The molecule has 1 rings (SSSR count). The molecule has 94 valence electrons. The summed E-state index contributed by atoms with van der Waals surface area (Å²) in [4.78, 5) is 11.7. The predicted molar refractivity (Wildman–Crippen MR) is 67.0 cm³/mol. The van der Waals surface area contributed by atoms with Gasteiger partial charge < -0.3 is 11.1 Å². The van der Waals surface area contributed by atoms with Gasteiger partial charge >= 0.3 is 0 Å². The first-order chi connectivity index (χ1) is 7.63. The number of nitrogens with two attached hydrogens (primary N) is 1. The fourth-order valence-corrected chi connectivity index (χ4v) is 2.59. The Balaban J connectivity index is 2.22. The summed E-state index contributed by atoms with van der Waals surface area (Å²) in [6.45, 7) is 5.24. The lowest BCUT2D eigenvalue weighted by molar-refractivity contribution is -0.122. The third-order valence-corrected chi connectivity index (χ3v) is 3.64. The molecule has 0 aromatic heterocycles. The highest BCUT2D eigenvalue weighted by Gasteiger charge is 2.26. The van der Waals surface area contributed by atoms with Gasteiger partial charge in [0, 0.05) is 12.5 Å². The molecule has 0 radical (unpaired) electrons. The number of unbranched alkanes of at least 4 members (excludes halogenated alkanes) is 1. The van der Waals surface area contributed by atoms with Crippen LogP contribution >= 0.6 is 0 Å². The van der Waals surface area contributed by atoms with Crippen LogP contribution in [0, 0.1) is 11.8 Å². The minimum Gasteiger partial charge on any atom is -0.353 e. The van der Waals surface area contributed by atoms with E-state index in [0.29, 0.717) is 24.9 Å². The SMILES string of the molecule is CC1CCC(NC(=O)CCCCN)C(C)C1. The quantitative estimate of drug-likeness (QED) is 0.705. The van der Waals surface area contributed by atoms with E-state index in [1.54, 1.807) is 0 Å². The van der Waals surface area contributed by atoms with Crippen molar-refractivity contribution in [2.45, 2.75) is 58.4 Å². The lowest BCUT2D eigenvalue weighted by atomic mass is 9.80. The second kappa shape index (κ2) is 6.89. The van der Waals surface area contributed by atoms with Crippen LogP contribution in [-0.4, -0.2) is 18.5 Å². The molecule has 1 saturated carbocycles. The summed E-state index contributed by atoms with van der Waals surface area (Å²) in [6, 6.07) is 0.404. The molecule has 3 heteroatoms. The van der Waals surface area contributed by atoms with E-state index >= 15 is 0 Å². The Kier molecular flexibility index (Phi) is 5.81. The molecular weight excluding hydrogens is 200 g/mol. The molecule has 3 unspecified atom stereocenters. The lowest BCUT2D eigenvalue weighted by Crippen LogP contribution is -2.42. The largest absolute Gasteiger partial charge is 0.353 e. The highest BCUT2D eigenvalue weighted by Crippen LogP contribution is 2.28. The van der Waals surface area contributed by atoms with Crippen molar-refractivity contribution in [1.82, 2.24) is 5.32 Å². The molecule has 0 aliphatic heterocycles. The Hall–Kier alpha value is -0.570. The third kappa shape index (κ3) is 4.52. The van der Waals surface area contributed by atoms with Gasteiger partial charge in [0.25, 0.3) is 0 Å². The van der Waals surface area contributed by atoms with Gasteiger partial charge in [-0.15, -0.1) is 0 Å². The molecule has 3 nitrogen and oxygen atoms in total. The monoisotopic (exact) mass is 226 g/mol. The third-order valence-electron chi connectivity index (χ3n) is 3.64. The average molecular weight is 226 g/mol. The maximum absolute atomic E-state index is 11.7. The predicted octanol–water partition coefficient (Wildman–Crippen LogP) is 2.06. The van der Waals surface area contributed by atoms with Crippen LogP contribution in [0.1, 0.15) is 52.4 Å². The van der Waals surface area contributed by atoms with Gasteiger partial charge in [0.05, 0.1) is 0 Å². The van der Waals surface area contributed by atoms with Crippen LogP contribution in [0.15, 0.2) is 0 Å².